The van der Waals surface area contributed by atoms with Crippen molar-refractivity contribution >= 4 is 16.9 Å². The van der Waals surface area contributed by atoms with Crippen LogP contribution in [0.4, 0.5) is 0 Å². The SMILES string of the molecule is Cn1ncc2cncc(C(=O)O)c21. The van der Waals surface area contributed by atoms with Gasteiger partial charge in [-0.25, -0.2) is 4.79 Å². The van der Waals surface area contributed by atoms with Crippen LogP contribution in [0.15, 0.2) is 18.6 Å². The summed E-state index contributed by atoms with van der Waals surface area (Å²) in [5.41, 5.74) is 0.778. The van der Waals surface area contributed by atoms with Gasteiger partial charge in [0, 0.05) is 24.8 Å². The van der Waals surface area contributed by atoms with E-state index in [2.05, 4.69) is 10.1 Å². The molecule has 5 heteroatoms. The van der Waals surface area contributed by atoms with Gasteiger partial charge in [-0.1, -0.05) is 0 Å². The van der Waals surface area contributed by atoms with Crippen LogP contribution in [0.1, 0.15) is 10.4 Å². The number of aromatic nitrogens is 3. The minimum Gasteiger partial charge on any atom is -0.478 e. The molecular weight excluding hydrogens is 170 g/mol. The standard InChI is InChI=1S/C8H7N3O2/c1-11-7-5(3-10-11)2-9-4-6(7)8(12)13/h2-4H,1H3,(H,12,13). The quantitative estimate of drug-likeness (QED) is 0.695. The second-order valence-corrected chi connectivity index (χ2v) is 2.70. The summed E-state index contributed by atoms with van der Waals surface area (Å²) < 4.78 is 1.53. The third kappa shape index (κ3) is 1.05. The molecule has 0 aromatic carbocycles. The van der Waals surface area contributed by atoms with Gasteiger partial charge >= 0.3 is 5.97 Å². The van der Waals surface area contributed by atoms with Crippen molar-refractivity contribution in [3.63, 3.8) is 0 Å². The summed E-state index contributed by atoms with van der Waals surface area (Å²) in [6.07, 6.45) is 4.51. The highest BCUT2D eigenvalue weighted by atomic mass is 16.4. The zero-order chi connectivity index (χ0) is 9.42. The molecule has 0 aliphatic heterocycles. The third-order valence-corrected chi connectivity index (χ3v) is 1.87. The highest BCUT2D eigenvalue weighted by molar-refractivity contribution is 6.01. The molecule has 0 atom stereocenters. The van der Waals surface area contributed by atoms with E-state index in [0.717, 1.165) is 5.39 Å². The van der Waals surface area contributed by atoms with E-state index >= 15 is 0 Å². The van der Waals surface area contributed by atoms with E-state index in [1.54, 1.807) is 19.4 Å². The van der Waals surface area contributed by atoms with Gasteiger partial charge in [0.15, 0.2) is 0 Å². The lowest BCUT2D eigenvalue weighted by Gasteiger charge is -1.98. The number of hydrogen-bond acceptors (Lipinski definition) is 3. The number of aromatic carboxylic acids is 1. The summed E-state index contributed by atoms with van der Waals surface area (Å²) >= 11 is 0. The van der Waals surface area contributed by atoms with Gasteiger partial charge in [-0.2, -0.15) is 5.10 Å². The van der Waals surface area contributed by atoms with Crippen molar-refractivity contribution in [3.05, 3.63) is 24.2 Å². The Labute approximate surface area is 73.6 Å². The van der Waals surface area contributed by atoms with Crippen LogP contribution in [0.5, 0.6) is 0 Å². The zero-order valence-electron chi connectivity index (χ0n) is 6.93. The molecule has 2 rings (SSSR count). The van der Waals surface area contributed by atoms with Gasteiger partial charge in [-0.3, -0.25) is 9.67 Å². The lowest BCUT2D eigenvalue weighted by molar-refractivity contribution is 0.0698. The summed E-state index contributed by atoms with van der Waals surface area (Å²) in [6.45, 7) is 0. The van der Waals surface area contributed by atoms with E-state index in [9.17, 15) is 4.79 Å². The van der Waals surface area contributed by atoms with Gasteiger partial charge < -0.3 is 5.11 Å². The van der Waals surface area contributed by atoms with E-state index in [-0.39, 0.29) is 5.56 Å². The van der Waals surface area contributed by atoms with Crippen molar-refractivity contribution in [2.75, 3.05) is 0 Å². The molecule has 0 unspecified atom stereocenters. The van der Waals surface area contributed by atoms with Crippen LogP contribution in [0.2, 0.25) is 0 Å². The first-order valence-corrected chi connectivity index (χ1v) is 3.69. The van der Waals surface area contributed by atoms with Crippen LogP contribution in [0, 0.1) is 0 Å². The van der Waals surface area contributed by atoms with Gasteiger partial charge in [0.05, 0.1) is 11.7 Å². The zero-order valence-corrected chi connectivity index (χ0v) is 6.93. The molecule has 0 fully saturated rings. The molecule has 0 aliphatic rings. The van der Waals surface area contributed by atoms with Crippen molar-refractivity contribution in [3.8, 4) is 0 Å². The molecule has 1 N–H and O–H groups in total. The van der Waals surface area contributed by atoms with Crippen LogP contribution in [-0.4, -0.2) is 25.8 Å². The summed E-state index contributed by atoms with van der Waals surface area (Å²) in [5.74, 6) is -0.985. The molecular formula is C8H7N3O2. The van der Waals surface area contributed by atoms with Crippen LogP contribution >= 0.6 is 0 Å². The molecule has 2 aromatic heterocycles. The molecule has 0 spiro atoms. The van der Waals surface area contributed by atoms with Crippen molar-refractivity contribution in [2.24, 2.45) is 7.05 Å². The molecule has 0 saturated carbocycles. The lowest BCUT2D eigenvalue weighted by Crippen LogP contribution is -2.01. The molecule has 2 aromatic rings. The molecule has 66 valence electrons. The summed E-state index contributed by atoms with van der Waals surface area (Å²) in [5, 5.41) is 13.5. The summed E-state index contributed by atoms with van der Waals surface area (Å²) in [4.78, 5) is 14.6. The number of aryl methyl sites for hydroxylation is 1. The minimum atomic E-state index is -0.985. The van der Waals surface area contributed by atoms with Crippen LogP contribution in [0.3, 0.4) is 0 Å². The monoisotopic (exact) mass is 177 g/mol. The fourth-order valence-corrected chi connectivity index (χ4v) is 1.29. The Morgan fingerprint density at radius 2 is 2.23 bits per heavy atom. The Kier molecular flexibility index (Phi) is 1.51. The maximum atomic E-state index is 10.8. The average molecular weight is 177 g/mol. The number of hydrogen-bond donors (Lipinski definition) is 1. The van der Waals surface area contributed by atoms with Crippen LogP contribution in [0.25, 0.3) is 10.9 Å². The number of carboxylic acid groups (broad SMARTS) is 1. The van der Waals surface area contributed by atoms with Gasteiger partial charge in [-0.05, 0) is 0 Å². The van der Waals surface area contributed by atoms with Crippen molar-refractivity contribution in [1.29, 1.82) is 0 Å². The summed E-state index contributed by atoms with van der Waals surface area (Å²) in [6, 6.07) is 0. The molecule has 5 nitrogen and oxygen atoms in total. The molecule has 0 amide bonds. The van der Waals surface area contributed by atoms with Gasteiger partial charge in [0.25, 0.3) is 0 Å². The Balaban J connectivity index is 2.88. The number of carboxylic acids is 1. The largest absolute Gasteiger partial charge is 0.478 e. The smallest absolute Gasteiger partial charge is 0.339 e. The fourth-order valence-electron chi connectivity index (χ4n) is 1.29. The number of nitrogens with zero attached hydrogens (tertiary/aromatic N) is 3. The Bertz CT molecular complexity index is 475. The highest BCUT2D eigenvalue weighted by Crippen LogP contribution is 2.15. The fraction of sp³-hybridized carbons (Fsp3) is 0.125. The van der Waals surface area contributed by atoms with E-state index in [1.165, 1.54) is 10.9 Å². The second kappa shape index (κ2) is 2.55. The third-order valence-electron chi connectivity index (χ3n) is 1.87. The van der Waals surface area contributed by atoms with Gasteiger partial charge in [0.1, 0.15) is 5.56 Å². The van der Waals surface area contributed by atoms with Crippen LogP contribution < -0.4 is 0 Å². The van der Waals surface area contributed by atoms with E-state index < -0.39 is 5.97 Å². The molecule has 13 heavy (non-hydrogen) atoms. The highest BCUT2D eigenvalue weighted by Gasteiger charge is 2.11. The van der Waals surface area contributed by atoms with Crippen molar-refractivity contribution in [1.82, 2.24) is 14.8 Å². The normalized spacial score (nSPS) is 10.5. The second-order valence-electron chi connectivity index (χ2n) is 2.70. The predicted octanol–water partition coefficient (Wildman–Crippen LogP) is 0.666. The van der Waals surface area contributed by atoms with Gasteiger partial charge in [-0.15, -0.1) is 0 Å². The number of rotatable bonds is 1. The Hall–Kier alpha value is -1.91. The first-order chi connectivity index (χ1) is 6.20. The first kappa shape index (κ1) is 7.72. The Morgan fingerprint density at radius 3 is 2.92 bits per heavy atom. The maximum Gasteiger partial charge on any atom is 0.339 e. The van der Waals surface area contributed by atoms with Crippen LogP contribution in [-0.2, 0) is 7.05 Å². The van der Waals surface area contributed by atoms with E-state index in [0.29, 0.717) is 5.52 Å². The first-order valence-electron chi connectivity index (χ1n) is 3.69. The molecule has 0 saturated heterocycles. The topological polar surface area (TPSA) is 68.0 Å². The van der Waals surface area contributed by atoms with Crippen molar-refractivity contribution in [2.45, 2.75) is 0 Å². The molecule has 0 bridgehead atoms. The number of fused-ring (bicyclic) bond motifs is 1. The maximum absolute atomic E-state index is 10.8. The number of pyridine rings is 1. The molecule has 0 aliphatic carbocycles. The minimum absolute atomic E-state index is 0.178. The summed E-state index contributed by atoms with van der Waals surface area (Å²) in [7, 11) is 1.70. The molecule has 2 heterocycles. The number of carbonyl (C=O) groups is 1. The van der Waals surface area contributed by atoms with E-state index in [1.807, 2.05) is 0 Å². The van der Waals surface area contributed by atoms with Gasteiger partial charge in [0.2, 0.25) is 0 Å². The average Bonchev–Trinajstić information content (AvgIpc) is 2.48. The van der Waals surface area contributed by atoms with Crippen molar-refractivity contribution < 1.29 is 9.90 Å². The van der Waals surface area contributed by atoms with E-state index in [4.69, 9.17) is 5.11 Å². The molecule has 0 radical (unpaired) electrons. The lowest BCUT2D eigenvalue weighted by atomic mass is 10.2. The predicted molar refractivity (Wildman–Crippen MR) is 45.5 cm³/mol. The Morgan fingerprint density at radius 1 is 1.46 bits per heavy atom.